The summed E-state index contributed by atoms with van der Waals surface area (Å²) in [5.41, 5.74) is 3.30. The quantitative estimate of drug-likeness (QED) is 0.709. The molecule has 2 heterocycles. The Balaban J connectivity index is 1.81. The molecule has 0 saturated carbocycles. The molecule has 0 spiro atoms. The fraction of sp³-hybridized carbons (Fsp3) is 0.238. The van der Waals surface area contributed by atoms with Crippen molar-refractivity contribution in [2.24, 2.45) is 0 Å². The van der Waals surface area contributed by atoms with E-state index in [1.165, 1.54) is 0 Å². The highest BCUT2D eigenvalue weighted by molar-refractivity contribution is 6.33. The Morgan fingerprint density at radius 1 is 1.21 bits per heavy atom. The van der Waals surface area contributed by atoms with Gasteiger partial charge < -0.3 is 14.8 Å². The molecule has 0 radical (unpaired) electrons. The van der Waals surface area contributed by atoms with Gasteiger partial charge in [-0.05, 0) is 37.1 Å². The van der Waals surface area contributed by atoms with Gasteiger partial charge in [0.05, 0.1) is 18.7 Å². The van der Waals surface area contributed by atoms with Crippen LogP contribution in [0.3, 0.4) is 0 Å². The van der Waals surface area contributed by atoms with Crippen LogP contribution in [0, 0.1) is 0 Å². The smallest absolute Gasteiger partial charge is 0.251 e. The van der Waals surface area contributed by atoms with Gasteiger partial charge in [0, 0.05) is 41.8 Å². The Morgan fingerprint density at radius 3 is 2.86 bits per heavy atom. The average Bonchev–Trinajstić information content (AvgIpc) is 3.18. The zero-order chi connectivity index (χ0) is 19.7. The second kappa shape index (κ2) is 7.56. The highest BCUT2D eigenvalue weighted by Gasteiger charge is 2.20. The first-order chi connectivity index (χ1) is 13.6. The van der Waals surface area contributed by atoms with Gasteiger partial charge in [0.2, 0.25) is 0 Å². The number of carbonyl (C=O) groups is 1. The van der Waals surface area contributed by atoms with E-state index < -0.39 is 0 Å². The van der Waals surface area contributed by atoms with Crippen LogP contribution in [0.1, 0.15) is 22.8 Å². The van der Waals surface area contributed by atoms with Crippen molar-refractivity contribution in [2.75, 3.05) is 20.3 Å². The largest absolute Gasteiger partial charge is 0.493 e. The summed E-state index contributed by atoms with van der Waals surface area (Å²) in [6.07, 6.45) is 4.38. The molecule has 0 unspecified atom stereocenters. The molecule has 3 aromatic rings. The van der Waals surface area contributed by atoms with Crippen LogP contribution >= 0.6 is 11.6 Å². The highest BCUT2D eigenvalue weighted by atomic mass is 35.5. The first kappa shape index (κ1) is 18.4. The van der Waals surface area contributed by atoms with Gasteiger partial charge in [0.25, 0.3) is 5.91 Å². The molecule has 4 rings (SSSR count). The third kappa shape index (κ3) is 3.20. The lowest BCUT2D eigenvalue weighted by Gasteiger charge is -2.18. The van der Waals surface area contributed by atoms with Crippen molar-refractivity contribution < 1.29 is 14.3 Å². The molecular formula is C21H20ClN3O3. The first-order valence-electron chi connectivity index (χ1n) is 9.08. The number of nitrogens with one attached hydrogen (secondary N) is 1. The van der Waals surface area contributed by atoms with E-state index in [-0.39, 0.29) is 5.91 Å². The van der Waals surface area contributed by atoms with E-state index in [1.54, 1.807) is 19.4 Å². The summed E-state index contributed by atoms with van der Waals surface area (Å²) in [4.78, 5) is 16.7. The van der Waals surface area contributed by atoms with E-state index in [2.05, 4.69) is 10.3 Å². The van der Waals surface area contributed by atoms with Gasteiger partial charge in [0.15, 0.2) is 11.5 Å². The van der Waals surface area contributed by atoms with E-state index in [1.807, 2.05) is 42.0 Å². The van der Waals surface area contributed by atoms with Crippen molar-refractivity contribution in [3.8, 4) is 28.6 Å². The summed E-state index contributed by atoms with van der Waals surface area (Å²) in [6, 6.07) is 9.42. The normalized spacial score (nSPS) is 13.0. The number of methoxy groups -OCH3 is 1. The number of rotatable bonds is 5. The molecule has 7 heteroatoms. The average molecular weight is 398 g/mol. The van der Waals surface area contributed by atoms with Crippen LogP contribution in [0.15, 0.2) is 42.7 Å². The summed E-state index contributed by atoms with van der Waals surface area (Å²) >= 11 is 6.53. The third-order valence-electron chi connectivity index (χ3n) is 4.73. The van der Waals surface area contributed by atoms with Crippen molar-refractivity contribution in [1.29, 1.82) is 0 Å². The van der Waals surface area contributed by atoms with Gasteiger partial charge in [-0.15, -0.1) is 0 Å². The molecule has 1 amide bonds. The van der Waals surface area contributed by atoms with E-state index >= 15 is 0 Å². The van der Waals surface area contributed by atoms with Gasteiger partial charge >= 0.3 is 0 Å². The summed E-state index contributed by atoms with van der Waals surface area (Å²) in [5.74, 6) is 1.77. The molecule has 0 aliphatic carbocycles. The monoisotopic (exact) mass is 397 g/mol. The van der Waals surface area contributed by atoms with Crippen LogP contribution in [-0.4, -0.2) is 35.7 Å². The first-order valence-corrected chi connectivity index (χ1v) is 9.45. The molecule has 0 bridgehead atoms. The van der Waals surface area contributed by atoms with Gasteiger partial charge in [-0.3, -0.25) is 9.36 Å². The Morgan fingerprint density at radius 2 is 2.07 bits per heavy atom. The zero-order valence-electron chi connectivity index (χ0n) is 15.7. The minimum absolute atomic E-state index is 0.0504. The van der Waals surface area contributed by atoms with Crippen molar-refractivity contribution in [1.82, 2.24) is 14.9 Å². The summed E-state index contributed by atoms with van der Waals surface area (Å²) in [5, 5.41) is 3.39. The van der Waals surface area contributed by atoms with E-state index in [0.29, 0.717) is 46.6 Å². The SMILES string of the molecule is CCOc1cc(Cl)c(-c2nccn2-c2ccc3c(c2)C(=O)NCC3)cc1OC. The second-order valence-electron chi connectivity index (χ2n) is 6.38. The van der Waals surface area contributed by atoms with Crippen LogP contribution in [0.25, 0.3) is 17.1 Å². The van der Waals surface area contributed by atoms with Gasteiger partial charge in [-0.25, -0.2) is 4.98 Å². The van der Waals surface area contributed by atoms with Crippen molar-refractivity contribution in [2.45, 2.75) is 13.3 Å². The molecule has 6 nitrogen and oxygen atoms in total. The maximum Gasteiger partial charge on any atom is 0.251 e. The summed E-state index contributed by atoms with van der Waals surface area (Å²) < 4.78 is 12.9. The fourth-order valence-corrected chi connectivity index (χ4v) is 3.63. The minimum atomic E-state index is -0.0504. The maximum absolute atomic E-state index is 12.2. The predicted octanol–water partition coefficient (Wildman–Crippen LogP) is 3.89. The number of halogens is 1. The van der Waals surface area contributed by atoms with Crippen LogP contribution in [0.2, 0.25) is 5.02 Å². The molecular weight excluding hydrogens is 378 g/mol. The fourth-order valence-electron chi connectivity index (χ4n) is 3.39. The molecule has 1 aliphatic heterocycles. The Kier molecular flexibility index (Phi) is 4.96. The number of hydrogen-bond donors (Lipinski definition) is 1. The number of hydrogen-bond acceptors (Lipinski definition) is 4. The highest BCUT2D eigenvalue weighted by Crippen LogP contribution is 2.38. The number of aromatic nitrogens is 2. The number of fused-ring (bicyclic) bond motifs is 1. The topological polar surface area (TPSA) is 65.4 Å². The van der Waals surface area contributed by atoms with Gasteiger partial charge in [-0.2, -0.15) is 0 Å². The number of imidazole rings is 1. The molecule has 0 saturated heterocycles. The van der Waals surface area contributed by atoms with Crippen molar-refractivity contribution >= 4 is 17.5 Å². The standard InChI is InChI=1S/C21H20ClN3O3/c1-3-28-19-12-17(22)16(11-18(19)27-2)20-23-8-9-25(20)14-5-4-13-6-7-24-21(26)15(13)10-14/h4-5,8-12H,3,6-7H2,1-2H3,(H,24,26). The van der Waals surface area contributed by atoms with Gasteiger partial charge in [-0.1, -0.05) is 17.7 Å². The molecule has 0 atom stereocenters. The Labute approximate surface area is 168 Å². The summed E-state index contributed by atoms with van der Waals surface area (Å²) in [7, 11) is 1.59. The van der Waals surface area contributed by atoms with E-state index in [0.717, 1.165) is 17.7 Å². The zero-order valence-corrected chi connectivity index (χ0v) is 16.4. The molecule has 1 aromatic heterocycles. The van der Waals surface area contributed by atoms with Crippen LogP contribution in [0.5, 0.6) is 11.5 Å². The molecule has 2 aromatic carbocycles. The predicted molar refractivity (Wildman–Crippen MR) is 108 cm³/mol. The minimum Gasteiger partial charge on any atom is -0.493 e. The Bertz CT molecular complexity index is 1050. The second-order valence-corrected chi connectivity index (χ2v) is 6.79. The van der Waals surface area contributed by atoms with Gasteiger partial charge in [0.1, 0.15) is 5.82 Å². The number of nitrogens with zero attached hydrogens (tertiary/aromatic N) is 2. The lowest BCUT2D eigenvalue weighted by molar-refractivity contribution is 0.0946. The van der Waals surface area contributed by atoms with E-state index in [9.17, 15) is 4.79 Å². The van der Waals surface area contributed by atoms with Crippen LogP contribution in [-0.2, 0) is 6.42 Å². The maximum atomic E-state index is 12.2. The molecule has 1 aliphatic rings. The Hall–Kier alpha value is -2.99. The molecule has 0 fully saturated rings. The number of ether oxygens (including phenoxy) is 2. The summed E-state index contributed by atoms with van der Waals surface area (Å²) in [6.45, 7) is 3.08. The molecule has 1 N–H and O–H groups in total. The number of amides is 1. The van der Waals surface area contributed by atoms with Crippen LogP contribution in [0.4, 0.5) is 0 Å². The number of benzene rings is 2. The lowest BCUT2D eigenvalue weighted by atomic mass is 9.99. The third-order valence-corrected chi connectivity index (χ3v) is 5.04. The van der Waals surface area contributed by atoms with E-state index in [4.69, 9.17) is 21.1 Å². The molecule has 28 heavy (non-hydrogen) atoms. The lowest BCUT2D eigenvalue weighted by Crippen LogP contribution is -2.31. The van der Waals surface area contributed by atoms with Crippen LogP contribution < -0.4 is 14.8 Å². The van der Waals surface area contributed by atoms with Crippen molar-refractivity contribution in [3.63, 3.8) is 0 Å². The van der Waals surface area contributed by atoms with Crippen molar-refractivity contribution in [3.05, 3.63) is 58.9 Å². The molecule has 144 valence electrons. The number of carbonyl (C=O) groups excluding carboxylic acids is 1.